The van der Waals surface area contributed by atoms with Gasteiger partial charge in [-0.05, 0) is 39.9 Å². The van der Waals surface area contributed by atoms with E-state index in [2.05, 4.69) is 45.5 Å². The van der Waals surface area contributed by atoms with Gasteiger partial charge < -0.3 is 10.1 Å². The number of ether oxygens (including phenoxy) is 1. The molecule has 1 aliphatic rings. The highest BCUT2D eigenvalue weighted by Gasteiger charge is 2.28. The van der Waals surface area contributed by atoms with Crippen LogP contribution in [0.25, 0.3) is 17.2 Å². The lowest BCUT2D eigenvalue weighted by atomic mass is 9.98. The first-order valence-electron chi connectivity index (χ1n) is 9.34. The molecule has 0 bridgehead atoms. The van der Waals surface area contributed by atoms with E-state index in [1.54, 1.807) is 12.1 Å². The average Bonchev–Trinajstić information content (AvgIpc) is 3.05. The molecule has 0 saturated heterocycles. The van der Waals surface area contributed by atoms with E-state index < -0.39 is 6.09 Å². The van der Waals surface area contributed by atoms with Crippen molar-refractivity contribution >= 4 is 28.1 Å². The molecule has 4 rings (SSSR count). The van der Waals surface area contributed by atoms with Crippen molar-refractivity contribution < 1.29 is 13.9 Å². The highest BCUT2D eigenvalue weighted by atomic mass is 79.9. The summed E-state index contributed by atoms with van der Waals surface area (Å²) in [6.07, 6.45) is 3.14. The number of carbonyl (C=O) groups is 1. The Morgan fingerprint density at radius 2 is 1.69 bits per heavy atom. The Balaban J connectivity index is 1.34. The normalized spacial score (nSPS) is 12.6. The molecule has 1 aliphatic carbocycles. The monoisotopic (exact) mass is 451 g/mol. The first-order chi connectivity index (χ1) is 14.1. The summed E-state index contributed by atoms with van der Waals surface area (Å²) in [4.78, 5) is 12.1. The Morgan fingerprint density at radius 3 is 2.34 bits per heavy atom. The van der Waals surface area contributed by atoms with Crippen molar-refractivity contribution in [1.82, 2.24) is 5.32 Å². The summed E-state index contributed by atoms with van der Waals surface area (Å²) in [5, 5.41) is 2.72. The molecule has 5 heteroatoms. The fourth-order valence-electron chi connectivity index (χ4n) is 3.61. The molecule has 0 unspecified atom stereocenters. The van der Waals surface area contributed by atoms with Crippen LogP contribution in [0.1, 0.15) is 22.6 Å². The fraction of sp³-hybridized carbons (Fsp3) is 0.125. The Morgan fingerprint density at radius 1 is 1.03 bits per heavy atom. The van der Waals surface area contributed by atoms with Gasteiger partial charge in [0.15, 0.2) is 0 Å². The Bertz CT molecular complexity index is 1030. The Labute approximate surface area is 177 Å². The van der Waals surface area contributed by atoms with Crippen molar-refractivity contribution in [1.29, 1.82) is 0 Å². The van der Waals surface area contributed by atoms with Crippen molar-refractivity contribution in [2.45, 2.75) is 5.92 Å². The first-order valence-corrected chi connectivity index (χ1v) is 10.1. The van der Waals surface area contributed by atoms with Crippen LogP contribution in [-0.4, -0.2) is 19.2 Å². The smallest absolute Gasteiger partial charge is 0.407 e. The maximum Gasteiger partial charge on any atom is 0.407 e. The average molecular weight is 452 g/mol. The molecular weight excluding hydrogens is 433 g/mol. The molecule has 1 amide bonds. The molecule has 0 radical (unpaired) electrons. The number of fused-ring (bicyclic) bond motifs is 3. The highest BCUT2D eigenvalue weighted by molar-refractivity contribution is 9.10. The van der Waals surface area contributed by atoms with Gasteiger partial charge in [-0.15, -0.1) is 0 Å². The second-order valence-electron chi connectivity index (χ2n) is 6.77. The van der Waals surface area contributed by atoms with Crippen LogP contribution in [0.4, 0.5) is 9.18 Å². The summed E-state index contributed by atoms with van der Waals surface area (Å²) in [7, 11) is 0. The van der Waals surface area contributed by atoms with Crippen molar-refractivity contribution in [2.75, 3.05) is 13.2 Å². The molecule has 29 heavy (non-hydrogen) atoms. The summed E-state index contributed by atoms with van der Waals surface area (Å²) in [6.45, 7) is 0.605. The number of hydrogen-bond donors (Lipinski definition) is 1. The van der Waals surface area contributed by atoms with Gasteiger partial charge in [-0.2, -0.15) is 0 Å². The molecule has 146 valence electrons. The topological polar surface area (TPSA) is 38.3 Å². The third-order valence-electron chi connectivity index (χ3n) is 4.97. The maximum absolute atomic E-state index is 13.1. The van der Waals surface area contributed by atoms with Gasteiger partial charge in [0.05, 0.1) is 0 Å². The molecule has 0 aliphatic heterocycles. The summed E-state index contributed by atoms with van der Waals surface area (Å²) in [5.41, 5.74) is 5.60. The van der Waals surface area contributed by atoms with Gasteiger partial charge in [-0.25, -0.2) is 9.18 Å². The number of amides is 1. The van der Waals surface area contributed by atoms with E-state index in [0.717, 1.165) is 5.56 Å². The molecule has 1 N–H and O–H groups in total. The number of carbonyl (C=O) groups excluding carboxylic acids is 1. The number of nitrogens with one attached hydrogen (secondary N) is 1. The van der Waals surface area contributed by atoms with Crippen LogP contribution in [0.2, 0.25) is 0 Å². The van der Waals surface area contributed by atoms with E-state index >= 15 is 0 Å². The van der Waals surface area contributed by atoms with E-state index in [1.807, 2.05) is 30.3 Å². The Hall–Kier alpha value is -2.92. The molecule has 0 fully saturated rings. The second-order valence-corrected chi connectivity index (χ2v) is 7.63. The van der Waals surface area contributed by atoms with Crippen molar-refractivity contribution in [2.24, 2.45) is 0 Å². The lowest BCUT2D eigenvalue weighted by molar-refractivity contribution is 0.144. The van der Waals surface area contributed by atoms with E-state index in [-0.39, 0.29) is 18.3 Å². The van der Waals surface area contributed by atoms with E-state index in [1.165, 1.54) is 34.4 Å². The van der Waals surface area contributed by atoms with E-state index in [9.17, 15) is 9.18 Å². The minimum atomic E-state index is -0.463. The van der Waals surface area contributed by atoms with Crippen LogP contribution in [0.5, 0.6) is 0 Å². The van der Waals surface area contributed by atoms with Crippen LogP contribution in [0.3, 0.4) is 0 Å². The third-order valence-corrected chi connectivity index (χ3v) is 5.65. The van der Waals surface area contributed by atoms with E-state index in [0.29, 0.717) is 11.0 Å². The quantitative estimate of drug-likeness (QED) is 0.505. The minimum Gasteiger partial charge on any atom is -0.449 e. The predicted molar refractivity (Wildman–Crippen MR) is 116 cm³/mol. The molecule has 0 atom stereocenters. The fourth-order valence-corrected chi connectivity index (χ4v) is 4.10. The first kappa shape index (κ1) is 19.4. The standard InChI is InChI=1S/C24H19BrFNO2/c25-23-14-17(26)12-11-16(23)6-5-13-27-24(28)29-15-22-20-9-3-1-7-18(20)19-8-2-4-10-21(19)22/h1-12,14,22H,13,15H2,(H,27,28). The maximum atomic E-state index is 13.1. The SMILES string of the molecule is O=C(NCC=Cc1ccc(F)cc1Br)OCC1c2ccccc2-c2ccccc21. The van der Waals surface area contributed by atoms with Crippen LogP contribution < -0.4 is 5.32 Å². The highest BCUT2D eigenvalue weighted by Crippen LogP contribution is 2.44. The number of alkyl carbamates (subject to hydrolysis) is 1. The number of halogens is 2. The minimum absolute atomic E-state index is 0.0406. The lowest BCUT2D eigenvalue weighted by Crippen LogP contribution is -2.26. The van der Waals surface area contributed by atoms with E-state index in [4.69, 9.17) is 4.74 Å². The summed E-state index contributed by atoms with van der Waals surface area (Å²) >= 11 is 3.31. The van der Waals surface area contributed by atoms with Crippen LogP contribution in [0, 0.1) is 5.82 Å². The molecular formula is C24H19BrFNO2. The van der Waals surface area contributed by atoms with Gasteiger partial charge >= 0.3 is 6.09 Å². The van der Waals surface area contributed by atoms with Gasteiger partial charge in [-0.3, -0.25) is 0 Å². The van der Waals surface area contributed by atoms with Crippen LogP contribution in [-0.2, 0) is 4.74 Å². The largest absolute Gasteiger partial charge is 0.449 e. The second kappa shape index (κ2) is 8.62. The molecule has 0 spiro atoms. The summed E-state index contributed by atoms with van der Waals surface area (Å²) in [6, 6.07) is 20.9. The zero-order valence-electron chi connectivity index (χ0n) is 15.6. The van der Waals surface area contributed by atoms with Crippen LogP contribution in [0.15, 0.2) is 77.3 Å². The molecule has 3 aromatic rings. The predicted octanol–water partition coefficient (Wildman–Crippen LogP) is 6.14. The molecule has 0 aromatic heterocycles. The Kier molecular flexibility index (Phi) is 5.76. The van der Waals surface area contributed by atoms with Gasteiger partial charge in [0.25, 0.3) is 0 Å². The van der Waals surface area contributed by atoms with Gasteiger partial charge in [0.1, 0.15) is 12.4 Å². The van der Waals surface area contributed by atoms with Gasteiger partial charge in [0.2, 0.25) is 0 Å². The van der Waals surface area contributed by atoms with Gasteiger partial charge in [0, 0.05) is 16.9 Å². The number of rotatable bonds is 5. The zero-order chi connectivity index (χ0) is 20.2. The zero-order valence-corrected chi connectivity index (χ0v) is 17.2. The summed E-state index contributed by atoms with van der Waals surface area (Å²) in [5.74, 6) is -0.260. The van der Waals surface area contributed by atoms with Crippen molar-refractivity contribution in [3.8, 4) is 11.1 Å². The van der Waals surface area contributed by atoms with Crippen molar-refractivity contribution in [3.05, 3.63) is 99.8 Å². The third kappa shape index (κ3) is 4.25. The van der Waals surface area contributed by atoms with Crippen molar-refractivity contribution in [3.63, 3.8) is 0 Å². The number of benzene rings is 3. The molecule has 0 saturated carbocycles. The molecule has 3 nitrogen and oxygen atoms in total. The number of hydrogen-bond acceptors (Lipinski definition) is 2. The molecule has 3 aromatic carbocycles. The summed E-state index contributed by atoms with van der Waals surface area (Å²) < 4.78 is 19.3. The van der Waals surface area contributed by atoms with Crippen LogP contribution >= 0.6 is 15.9 Å². The lowest BCUT2D eigenvalue weighted by Gasteiger charge is -2.14. The molecule has 0 heterocycles. The van der Waals surface area contributed by atoms with Gasteiger partial charge in [-0.1, -0.05) is 82.7 Å².